The normalized spacial score (nSPS) is 10.9. The third-order valence-electron chi connectivity index (χ3n) is 2.91. The van der Waals surface area contributed by atoms with E-state index in [1.165, 1.54) is 6.33 Å². The molecule has 0 atom stereocenters. The van der Waals surface area contributed by atoms with E-state index in [4.69, 9.17) is 29.0 Å². The number of hydrogen-bond acceptors (Lipinski definition) is 5. The van der Waals surface area contributed by atoms with Crippen molar-refractivity contribution in [1.29, 1.82) is 0 Å². The minimum atomic E-state index is 0.487. The molecule has 1 aromatic carbocycles. The molecule has 0 bridgehead atoms. The molecule has 2 aromatic heterocycles. The molecule has 8 heteroatoms. The van der Waals surface area contributed by atoms with Gasteiger partial charge in [-0.3, -0.25) is 0 Å². The zero-order valence-corrected chi connectivity index (χ0v) is 11.7. The zero-order chi connectivity index (χ0) is 14.1. The van der Waals surface area contributed by atoms with Crippen LogP contribution in [0.4, 0.5) is 5.82 Å². The van der Waals surface area contributed by atoms with Crippen molar-refractivity contribution in [3.63, 3.8) is 0 Å². The molecule has 0 fully saturated rings. The van der Waals surface area contributed by atoms with E-state index in [1.807, 2.05) is 6.07 Å². The maximum atomic E-state index is 6.17. The third kappa shape index (κ3) is 2.29. The van der Waals surface area contributed by atoms with Gasteiger partial charge in [-0.1, -0.05) is 29.3 Å². The summed E-state index contributed by atoms with van der Waals surface area (Å²) in [7, 11) is 0. The monoisotopic (exact) mass is 308 g/mol. The smallest absolute Gasteiger partial charge is 0.163 e. The first kappa shape index (κ1) is 13.1. The Balaban J connectivity index is 2.03. The van der Waals surface area contributed by atoms with Gasteiger partial charge in [0.1, 0.15) is 6.33 Å². The number of fused-ring (bicyclic) bond motifs is 1. The van der Waals surface area contributed by atoms with Crippen molar-refractivity contribution >= 4 is 40.1 Å². The maximum absolute atomic E-state index is 6.17. The van der Waals surface area contributed by atoms with Gasteiger partial charge in [0.15, 0.2) is 11.5 Å². The quantitative estimate of drug-likeness (QED) is 0.574. The van der Waals surface area contributed by atoms with Gasteiger partial charge in [-0.2, -0.15) is 5.10 Å². The number of nitrogens with two attached hydrogens (primary N) is 1. The van der Waals surface area contributed by atoms with Crippen LogP contribution in [0.15, 0.2) is 30.7 Å². The Morgan fingerprint density at radius 1 is 1.25 bits per heavy atom. The van der Waals surface area contributed by atoms with Gasteiger partial charge in [0.05, 0.1) is 18.1 Å². The second-order valence-corrected chi connectivity index (χ2v) is 4.99. The highest BCUT2D eigenvalue weighted by atomic mass is 35.5. The Kier molecular flexibility index (Phi) is 3.43. The van der Waals surface area contributed by atoms with Gasteiger partial charge < -0.3 is 5.43 Å². The summed E-state index contributed by atoms with van der Waals surface area (Å²) >= 11 is 12.0. The average Bonchev–Trinajstić information content (AvgIpc) is 2.85. The summed E-state index contributed by atoms with van der Waals surface area (Å²) in [6, 6.07) is 5.35. The highest BCUT2D eigenvalue weighted by Gasteiger charge is 2.10. The Morgan fingerprint density at radius 2 is 2.10 bits per heavy atom. The number of benzene rings is 1. The number of rotatable bonds is 3. The van der Waals surface area contributed by atoms with Gasteiger partial charge in [0, 0.05) is 10.0 Å². The molecule has 0 unspecified atom stereocenters. The van der Waals surface area contributed by atoms with Crippen molar-refractivity contribution in [3.05, 3.63) is 46.3 Å². The van der Waals surface area contributed by atoms with Crippen LogP contribution in [0.25, 0.3) is 11.0 Å². The summed E-state index contributed by atoms with van der Waals surface area (Å²) in [5.74, 6) is 5.94. The number of aromatic nitrogens is 4. The van der Waals surface area contributed by atoms with Gasteiger partial charge in [-0.05, 0) is 17.7 Å². The Bertz CT molecular complexity index is 770. The Morgan fingerprint density at radius 3 is 2.85 bits per heavy atom. The molecule has 3 N–H and O–H groups in total. The van der Waals surface area contributed by atoms with Crippen LogP contribution < -0.4 is 11.3 Å². The molecule has 0 saturated heterocycles. The summed E-state index contributed by atoms with van der Waals surface area (Å²) in [6.45, 7) is 0.487. The number of halogens is 2. The molecule has 0 amide bonds. The lowest BCUT2D eigenvalue weighted by molar-refractivity contribution is 0.704. The van der Waals surface area contributed by atoms with Crippen molar-refractivity contribution in [3.8, 4) is 0 Å². The molecular formula is C12H10Cl2N6. The second kappa shape index (κ2) is 5.24. The molecule has 0 aliphatic heterocycles. The van der Waals surface area contributed by atoms with Gasteiger partial charge in [-0.15, -0.1) is 0 Å². The first-order chi connectivity index (χ1) is 9.69. The largest absolute Gasteiger partial charge is 0.308 e. The van der Waals surface area contributed by atoms with Gasteiger partial charge in [-0.25, -0.2) is 20.5 Å². The highest BCUT2D eigenvalue weighted by molar-refractivity contribution is 6.35. The minimum absolute atomic E-state index is 0.487. The van der Waals surface area contributed by atoms with E-state index in [0.717, 1.165) is 10.9 Å². The zero-order valence-electron chi connectivity index (χ0n) is 10.2. The molecule has 0 radical (unpaired) electrons. The van der Waals surface area contributed by atoms with E-state index in [9.17, 15) is 0 Å². The van der Waals surface area contributed by atoms with Crippen molar-refractivity contribution in [2.75, 3.05) is 5.43 Å². The number of hydrazine groups is 1. The first-order valence-electron chi connectivity index (χ1n) is 5.76. The molecule has 102 valence electrons. The lowest BCUT2D eigenvalue weighted by Crippen LogP contribution is -2.09. The number of nitrogens with one attached hydrogen (secondary N) is 1. The highest BCUT2D eigenvalue weighted by Crippen LogP contribution is 2.23. The van der Waals surface area contributed by atoms with Gasteiger partial charge in [0.25, 0.3) is 0 Å². The standard InChI is InChI=1S/C12H10Cl2N6/c13-8-2-1-7(10(14)3-8)5-20-12-9(4-18-20)11(19-15)16-6-17-12/h1-4,6H,5,15H2,(H,16,17,19). The lowest BCUT2D eigenvalue weighted by Gasteiger charge is -2.06. The molecule has 6 nitrogen and oxygen atoms in total. The van der Waals surface area contributed by atoms with E-state index >= 15 is 0 Å². The molecule has 0 aliphatic carbocycles. The minimum Gasteiger partial charge on any atom is -0.308 e. The fourth-order valence-corrected chi connectivity index (χ4v) is 2.40. The lowest BCUT2D eigenvalue weighted by atomic mass is 10.2. The Labute approximate surface area is 124 Å². The molecule has 20 heavy (non-hydrogen) atoms. The molecule has 3 aromatic rings. The van der Waals surface area contributed by atoms with E-state index < -0.39 is 0 Å². The van der Waals surface area contributed by atoms with Crippen LogP contribution in [0.3, 0.4) is 0 Å². The van der Waals surface area contributed by atoms with Crippen molar-refractivity contribution < 1.29 is 0 Å². The molecule has 2 heterocycles. The number of hydrogen-bond donors (Lipinski definition) is 2. The van der Waals surface area contributed by atoms with Gasteiger partial charge in [0.2, 0.25) is 0 Å². The summed E-state index contributed by atoms with van der Waals surface area (Å²) < 4.78 is 1.73. The molecular weight excluding hydrogens is 299 g/mol. The van der Waals surface area contributed by atoms with Crippen LogP contribution in [-0.2, 0) is 6.54 Å². The second-order valence-electron chi connectivity index (χ2n) is 4.14. The fourth-order valence-electron chi connectivity index (χ4n) is 1.93. The van der Waals surface area contributed by atoms with Crippen molar-refractivity contribution in [2.45, 2.75) is 6.54 Å². The SMILES string of the molecule is NNc1ncnc2c1cnn2Cc1ccc(Cl)cc1Cl. The first-order valence-corrected chi connectivity index (χ1v) is 6.51. The molecule has 0 aliphatic rings. The van der Waals surface area contributed by atoms with Crippen LogP contribution >= 0.6 is 23.2 Å². The molecule has 3 rings (SSSR count). The van der Waals surface area contributed by atoms with Crippen LogP contribution in [0.2, 0.25) is 10.0 Å². The summed E-state index contributed by atoms with van der Waals surface area (Å²) in [6.07, 6.45) is 3.09. The fraction of sp³-hybridized carbons (Fsp3) is 0.0833. The van der Waals surface area contributed by atoms with E-state index in [0.29, 0.717) is 28.1 Å². The van der Waals surface area contributed by atoms with E-state index in [-0.39, 0.29) is 0 Å². The number of anilines is 1. The Hall–Kier alpha value is -1.89. The van der Waals surface area contributed by atoms with Crippen LogP contribution in [-0.4, -0.2) is 19.7 Å². The predicted octanol–water partition coefficient (Wildman–Crippen LogP) is 2.47. The van der Waals surface area contributed by atoms with E-state index in [1.54, 1.807) is 23.0 Å². The van der Waals surface area contributed by atoms with Crippen molar-refractivity contribution in [1.82, 2.24) is 19.7 Å². The van der Waals surface area contributed by atoms with Gasteiger partial charge >= 0.3 is 0 Å². The average molecular weight is 309 g/mol. The molecule has 0 spiro atoms. The van der Waals surface area contributed by atoms with E-state index in [2.05, 4.69) is 20.5 Å². The topological polar surface area (TPSA) is 81.7 Å². The van der Waals surface area contributed by atoms with Crippen LogP contribution in [0.5, 0.6) is 0 Å². The number of nitrogens with zero attached hydrogens (tertiary/aromatic N) is 4. The molecule has 0 saturated carbocycles. The van der Waals surface area contributed by atoms with Crippen LogP contribution in [0.1, 0.15) is 5.56 Å². The summed E-state index contributed by atoms with van der Waals surface area (Å²) in [5, 5.41) is 6.23. The third-order valence-corrected chi connectivity index (χ3v) is 3.49. The van der Waals surface area contributed by atoms with Crippen molar-refractivity contribution in [2.24, 2.45) is 5.84 Å². The predicted molar refractivity (Wildman–Crippen MR) is 78.7 cm³/mol. The maximum Gasteiger partial charge on any atom is 0.163 e. The van der Waals surface area contributed by atoms with Crippen LogP contribution in [0, 0.1) is 0 Å². The summed E-state index contributed by atoms with van der Waals surface area (Å²) in [5.41, 5.74) is 4.10. The number of nitrogen functional groups attached to an aromatic ring is 1. The summed E-state index contributed by atoms with van der Waals surface area (Å²) in [4.78, 5) is 8.25.